The van der Waals surface area contributed by atoms with Crippen LogP contribution in [0.5, 0.6) is 17.2 Å². The molecule has 10 heteroatoms. The van der Waals surface area contributed by atoms with Gasteiger partial charge in [-0.05, 0) is 87.2 Å². The van der Waals surface area contributed by atoms with Crippen molar-refractivity contribution >= 4 is 34.4 Å². The fourth-order valence-electron chi connectivity index (χ4n) is 5.65. The van der Waals surface area contributed by atoms with Gasteiger partial charge in [-0.3, -0.25) is 4.79 Å². The van der Waals surface area contributed by atoms with Crippen LogP contribution in [0.15, 0.2) is 60.7 Å². The van der Waals surface area contributed by atoms with E-state index in [9.17, 15) is 4.79 Å². The number of ether oxygens (including phenoxy) is 4. The number of carbonyl (C=O) groups is 1. The first kappa shape index (κ1) is 32.5. The fourth-order valence-corrected chi connectivity index (χ4v) is 6.71. The highest BCUT2D eigenvalue weighted by Crippen LogP contribution is 2.36. The zero-order chi connectivity index (χ0) is 31.6. The lowest BCUT2D eigenvalue weighted by atomic mass is 10.1. The van der Waals surface area contributed by atoms with Crippen LogP contribution in [0, 0.1) is 0 Å². The molecule has 1 unspecified atom stereocenters. The number of aromatic nitrogens is 2. The second-order valence-corrected chi connectivity index (χ2v) is 12.3. The maximum absolute atomic E-state index is 13.8. The number of likely N-dealkylation sites (tertiary alicyclic amines) is 1. The Labute approximate surface area is 269 Å². The number of unbranched alkanes of at least 4 members (excludes halogenated alkanes) is 2. The van der Waals surface area contributed by atoms with Gasteiger partial charge in [0.25, 0.3) is 5.91 Å². The van der Waals surface area contributed by atoms with Crippen LogP contribution in [-0.2, 0) is 4.74 Å². The summed E-state index contributed by atoms with van der Waals surface area (Å²) in [6.07, 6.45) is 4.49. The van der Waals surface area contributed by atoms with E-state index in [0.717, 1.165) is 66.0 Å². The van der Waals surface area contributed by atoms with Gasteiger partial charge in [0, 0.05) is 24.8 Å². The van der Waals surface area contributed by atoms with Crippen LogP contribution >= 0.6 is 11.8 Å². The number of nitrogens with one attached hydrogen (secondary N) is 1. The van der Waals surface area contributed by atoms with Crippen molar-refractivity contribution in [3.8, 4) is 28.6 Å². The third-order valence-corrected chi connectivity index (χ3v) is 9.06. The highest BCUT2D eigenvalue weighted by Gasteiger charge is 2.37. The molecule has 240 valence electrons. The second-order valence-electron chi connectivity index (χ2n) is 11.0. The van der Waals surface area contributed by atoms with E-state index in [2.05, 4.69) is 16.9 Å². The number of anilines is 1. The fraction of sp³-hybridized carbons (Fsp3) is 0.429. The first-order valence-electron chi connectivity index (χ1n) is 15.8. The molecule has 1 aromatic heterocycles. The molecule has 0 bridgehead atoms. The third-order valence-electron chi connectivity index (χ3n) is 7.95. The number of benzene rings is 3. The predicted octanol–water partition coefficient (Wildman–Crippen LogP) is 7.17. The van der Waals surface area contributed by atoms with Gasteiger partial charge < -0.3 is 34.6 Å². The molecule has 5 rings (SSSR count). The minimum Gasteiger partial charge on any atom is -0.497 e. The number of aromatic amines is 1. The monoisotopic (exact) mass is 632 g/mol. The topological polar surface area (TPSA) is 112 Å². The van der Waals surface area contributed by atoms with Crippen molar-refractivity contribution < 1.29 is 23.7 Å². The van der Waals surface area contributed by atoms with Crippen molar-refractivity contribution in [3.05, 3.63) is 66.2 Å². The van der Waals surface area contributed by atoms with E-state index < -0.39 is 0 Å². The van der Waals surface area contributed by atoms with Gasteiger partial charge in [-0.25, -0.2) is 4.98 Å². The smallest absolute Gasteiger partial charge is 0.256 e. The first-order chi connectivity index (χ1) is 22.0. The molecule has 45 heavy (non-hydrogen) atoms. The Hall–Kier alpha value is -3.89. The molecule has 3 aromatic carbocycles. The molecular weight excluding hydrogens is 588 g/mol. The molecule has 1 fully saturated rings. The van der Waals surface area contributed by atoms with Gasteiger partial charge >= 0.3 is 0 Å². The van der Waals surface area contributed by atoms with Gasteiger partial charge in [0.05, 0.1) is 48.6 Å². The number of amides is 1. The Balaban J connectivity index is 1.10. The summed E-state index contributed by atoms with van der Waals surface area (Å²) in [5.41, 5.74) is 10.2. The van der Waals surface area contributed by atoms with E-state index >= 15 is 0 Å². The predicted molar refractivity (Wildman–Crippen MR) is 181 cm³/mol. The average Bonchev–Trinajstić information content (AvgIpc) is 3.73. The molecule has 0 spiro atoms. The van der Waals surface area contributed by atoms with Crippen molar-refractivity contribution in [2.45, 2.75) is 57.4 Å². The number of nitrogen functional groups attached to an aromatic ring is 1. The number of nitrogens with two attached hydrogens (primary N) is 1. The van der Waals surface area contributed by atoms with Crippen LogP contribution in [0.3, 0.4) is 0 Å². The quantitative estimate of drug-likeness (QED) is 0.0760. The van der Waals surface area contributed by atoms with Crippen molar-refractivity contribution in [1.29, 1.82) is 0 Å². The summed E-state index contributed by atoms with van der Waals surface area (Å²) >= 11 is 1.74. The van der Waals surface area contributed by atoms with Gasteiger partial charge in [0.15, 0.2) is 0 Å². The molecule has 9 nitrogen and oxygen atoms in total. The minimum atomic E-state index is -0.108. The maximum atomic E-state index is 13.8. The molecule has 0 radical (unpaired) electrons. The Morgan fingerprint density at radius 1 is 1.04 bits per heavy atom. The highest BCUT2D eigenvalue weighted by atomic mass is 32.2. The summed E-state index contributed by atoms with van der Waals surface area (Å²) < 4.78 is 23.5. The van der Waals surface area contributed by atoms with Crippen molar-refractivity contribution in [1.82, 2.24) is 14.9 Å². The number of fused-ring (bicyclic) bond motifs is 1. The van der Waals surface area contributed by atoms with E-state index in [1.54, 1.807) is 31.0 Å². The van der Waals surface area contributed by atoms with Gasteiger partial charge in [-0.15, -0.1) is 11.8 Å². The summed E-state index contributed by atoms with van der Waals surface area (Å²) in [7, 11) is 1.58. The van der Waals surface area contributed by atoms with E-state index in [1.165, 1.54) is 0 Å². The number of hydrogen-bond acceptors (Lipinski definition) is 8. The van der Waals surface area contributed by atoms with E-state index in [0.29, 0.717) is 49.1 Å². The molecule has 2 atom stereocenters. The summed E-state index contributed by atoms with van der Waals surface area (Å²) in [6, 6.07) is 19.5. The van der Waals surface area contributed by atoms with Gasteiger partial charge in [-0.1, -0.05) is 19.1 Å². The lowest BCUT2D eigenvalue weighted by Gasteiger charge is -2.31. The van der Waals surface area contributed by atoms with Crippen LogP contribution < -0.4 is 19.9 Å². The number of H-pyrrole nitrogens is 1. The van der Waals surface area contributed by atoms with E-state index in [-0.39, 0.29) is 17.4 Å². The van der Waals surface area contributed by atoms with E-state index in [1.807, 2.05) is 60.4 Å². The Morgan fingerprint density at radius 3 is 2.56 bits per heavy atom. The molecular formula is C35H44N4O5S. The van der Waals surface area contributed by atoms with Crippen molar-refractivity contribution in [3.63, 3.8) is 0 Å². The van der Waals surface area contributed by atoms with Crippen LogP contribution in [0.25, 0.3) is 22.4 Å². The highest BCUT2D eigenvalue weighted by molar-refractivity contribution is 7.99. The van der Waals surface area contributed by atoms with Gasteiger partial charge in [0.1, 0.15) is 28.5 Å². The minimum absolute atomic E-state index is 0.00842. The zero-order valence-corrected chi connectivity index (χ0v) is 27.2. The number of nitrogens with zero attached hydrogens (tertiary/aromatic N) is 2. The average molecular weight is 633 g/mol. The lowest BCUT2D eigenvalue weighted by molar-refractivity contribution is 0.0461. The second kappa shape index (κ2) is 15.9. The van der Waals surface area contributed by atoms with Crippen LogP contribution in [0.1, 0.15) is 56.3 Å². The molecule has 1 amide bonds. The molecule has 0 saturated carbocycles. The zero-order valence-electron chi connectivity index (χ0n) is 26.4. The summed E-state index contributed by atoms with van der Waals surface area (Å²) in [5, 5.41) is 0. The molecule has 1 saturated heterocycles. The molecule has 2 heterocycles. The first-order valence-corrected chi connectivity index (χ1v) is 16.9. The van der Waals surface area contributed by atoms with Crippen LogP contribution in [-0.4, -0.2) is 71.5 Å². The number of rotatable bonds is 16. The molecule has 4 aromatic rings. The van der Waals surface area contributed by atoms with E-state index in [4.69, 9.17) is 24.7 Å². The normalized spacial score (nSPS) is 15.4. The van der Waals surface area contributed by atoms with Crippen LogP contribution in [0.2, 0.25) is 0 Å². The Bertz CT molecular complexity index is 1500. The number of para-hydroxylation sites is 2. The van der Waals surface area contributed by atoms with Crippen molar-refractivity contribution in [2.24, 2.45) is 0 Å². The Kier molecular flexibility index (Phi) is 11.5. The number of thioether (sulfide) groups is 1. The number of imidazole rings is 1. The molecule has 1 aliphatic heterocycles. The summed E-state index contributed by atoms with van der Waals surface area (Å²) in [5.74, 6) is 3.50. The Morgan fingerprint density at radius 2 is 1.82 bits per heavy atom. The molecule has 3 N–H and O–H groups in total. The number of hydrogen-bond donors (Lipinski definition) is 2. The summed E-state index contributed by atoms with van der Waals surface area (Å²) in [6.45, 7) is 6.47. The largest absolute Gasteiger partial charge is 0.497 e. The SMILES string of the molecule is CCOC(SCC)[C@@H]1CCCN1C(=O)c1cc(OC)cc(OCCCCCOc2ccc(-c3nc4ccccc4[nH]3)cc2)c1N. The van der Waals surface area contributed by atoms with Gasteiger partial charge in [0.2, 0.25) is 0 Å². The number of carbonyl (C=O) groups excluding carboxylic acids is 1. The third kappa shape index (κ3) is 8.04. The van der Waals surface area contributed by atoms with Crippen LogP contribution in [0.4, 0.5) is 5.69 Å². The lowest BCUT2D eigenvalue weighted by Crippen LogP contribution is -2.43. The summed E-state index contributed by atoms with van der Waals surface area (Å²) in [4.78, 5) is 23.7. The maximum Gasteiger partial charge on any atom is 0.256 e. The van der Waals surface area contributed by atoms with Gasteiger partial charge in [-0.2, -0.15) is 0 Å². The number of methoxy groups -OCH3 is 1. The molecule has 0 aliphatic carbocycles. The van der Waals surface area contributed by atoms with Crippen molar-refractivity contribution in [2.75, 3.05) is 45.0 Å². The molecule has 1 aliphatic rings. The standard InChI is InChI=1S/C35H44N4O5S/c1-4-42-35(45-5-2)30-14-11-19-39(30)34(40)27-22-26(41-3)23-31(32(27)36)44-21-10-6-9-20-43-25-17-15-24(16-18-25)33-37-28-12-7-8-13-29(28)38-33/h7-8,12-13,15-18,22-23,30,35H,4-6,9-11,14,19-21,36H2,1-3H3,(H,37,38)/t30-,35?/m0/s1.